The molecule has 1 aliphatic heterocycles. The van der Waals surface area contributed by atoms with E-state index in [1.54, 1.807) is 17.2 Å². The first-order valence-electron chi connectivity index (χ1n) is 12.2. The lowest BCUT2D eigenvalue weighted by Gasteiger charge is -2.31. The SMILES string of the molecule is CCCCC1CN(c2ccccc2)c2cc(SC)c(O/C=C(\F)C(=O)OCC)cc2S(=O)(=O)N1CC(F)F. The van der Waals surface area contributed by atoms with Gasteiger partial charge in [-0.25, -0.2) is 22.0 Å². The number of ether oxygens (including phenoxy) is 2. The Balaban J connectivity index is 2.22. The van der Waals surface area contributed by atoms with Gasteiger partial charge in [-0.1, -0.05) is 38.0 Å². The lowest BCUT2D eigenvalue weighted by atomic mass is 10.1. The highest BCUT2D eigenvalue weighted by Gasteiger charge is 2.41. The summed E-state index contributed by atoms with van der Waals surface area (Å²) >= 11 is 1.22. The van der Waals surface area contributed by atoms with Crippen LogP contribution in [-0.4, -0.2) is 57.1 Å². The lowest BCUT2D eigenvalue weighted by Crippen LogP contribution is -2.45. The molecule has 1 heterocycles. The summed E-state index contributed by atoms with van der Waals surface area (Å²) in [4.78, 5) is 13.6. The zero-order chi connectivity index (χ0) is 27.9. The molecule has 1 atom stereocenters. The highest BCUT2D eigenvalue weighted by molar-refractivity contribution is 7.98. The van der Waals surface area contributed by atoms with Crippen molar-refractivity contribution in [3.05, 3.63) is 54.6 Å². The van der Waals surface area contributed by atoms with Crippen molar-refractivity contribution >= 4 is 39.1 Å². The summed E-state index contributed by atoms with van der Waals surface area (Å²) < 4.78 is 80.3. The lowest BCUT2D eigenvalue weighted by molar-refractivity contribution is -0.140. The van der Waals surface area contributed by atoms with Crippen LogP contribution in [0.25, 0.3) is 0 Å². The number of alkyl halides is 2. The summed E-state index contributed by atoms with van der Waals surface area (Å²) in [5.41, 5.74) is 0.985. The molecular weight excluding hydrogens is 541 g/mol. The van der Waals surface area contributed by atoms with E-state index in [-0.39, 0.29) is 23.8 Å². The van der Waals surface area contributed by atoms with Gasteiger partial charge >= 0.3 is 5.97 Å². The van der Waals surface area contributed by atoms with E-state index in [0.29, 0.717) is 35.4 Å². The Bertz CT molecular complexity index is 1240. The Hall–Kier alpha value is -2.70. The van der Waals surface area contributed by atoms with Gasteiger partial charge in [-0.15, -0.1) is 11.8 Å². The molecule has 1 unspecified atom stereocenters. The minimum Gasteiger partial charge on any atom is -0.461 e. The van der Waals surface area contributed by atoms with Crippen molar-refractivity contribution in [1.82, 2.24) is 4.31 Å². The number of halogens is 3. The van der Waals surface area contributed by atoms with E-state index in [1.807, 2.05) is 37.3 Å². The molecule has 7 nitrogen and oxygen atoms in total. The molecule has 2 aromatic rings. The first-order valence-corrected chi connectivity index (χ1v) is 14.8. The number of nitrogens with zero attached hydrogens (tertiary/aromatic N) is 2. The minimum absolute atomic E-state index is 0.0399. The fourth-order valence-electron chi connectivity index (χ4n) is 4.20. The summed E-state index contributed by atoms with van der Waals surface area (Å²) in [5.74, 6) is -2.57. The van der Waals surface area contributed by atoms with Crippen molar-refractivity contribution < 1.29 is 35.9 Å². The second-order valence-electron chi connectivity index (χ2n) is 8.48. The van der Waals surface area contributed by atoms with Crippen LogP contribution in [0, 0.1) is 0 Å². The maximum absolute atomic E-state index is 14.2. The second kappa shape index (κ2) is 13.4. The third-order valence-corrected chi connectivity index (χ3v) is 8.67. The maximum atomic E-state index is 14.2. The number of sulfonamides is 1. The van der Waals surface area contributed by atoms with Gasteiger partial charge in [0.05, 0.1) is 23.7 Å². The van der Waals surface area contributed by atoms with Crippen LogP contribution < -0.4 is 9.64 Å². The van der Waals surface area contributed by atoms with Gasteiger partial charge in [0.25, 0.3) is 6.43 Å². The highest BCUT2D eigenvalue weighted by atomic mass is 32.2. The normalized spacial score (nSPS) is 17.7. The summed E-state index contributed by atoms with van der Waals surface area (Å²) in [6, 6.07) is 11.1. The van der Waals surface area contributed by atoms with Gasteiger partial charge in [-0.3, -0.25) is 0 Å². The average molecular weight is 573 g/mol. The number of unbranched alkanes of at least 4 members (excludes halogenated alkanes) is 1. The molecule has 0 bridgehead atoms. The molecule has 208 valence electrons. The Kier molecular flexibility index (Phi) is 10.5. The second-order valence-corrected chi connectivity index (χ2v) is 11.2. The zero-order valence-electron chi connectivity index (χ0n) is 21.4. The van der Waals surface area contributed by atoms with Crippen LogP contribution in [0.3, 0.4) is 0 Å². The van der Waals surface area contributed by atoms with Crippen LogP contribution in [0.2, 0.25) is 0 Å². The Labute approximate surface area is 225 Å². The van der Waals surface area contributed by atoms with E-state index < -0.39 is 40.8 Å². The van der Waals surface area contributed by atoms with Crippen molar-refractivity contribution in [3.8, 4) is 5.75 Å². The van der Waals surface area contributed by atoms with Gasteiger partial charge in [-0.2, -0.15) is 8.70 Å². The first-order chi connectivity index (χ1) is 18.1. The molecule has 0 saturated heterocycles. The third kappa shape index (κ3) is 6.83. The van der Waals surface area contributed by atoms with E-state index in [0.717, 1.165) is 10.7 Å². The van der Waals surface area contributed by atoms with Crippen LogP contribution >= 0.6 is 11.8 Å². The molecule has 1 aliphatic rings. The van der Waals surface area contributed by atoms with Gasteiger partial charge in [0.15, 0.2) is 0 Å². The number of hydrogen-bond acceptors (Lipinski definition) is 7. The number of hydrogen-bond donors (Lipinski definition) is 0. The molecule has 3 rings (SSSR count). The molecule has 0 N–H and O–H groups in total. The van der Waals surface area contributed by atoms with Gasteiger partial charge in [0.1, 0.15) is 16.9 Å². The number of carbonyl (C=O) groups is 1. The predicted octanol–water partition coefficient (Wildman–Crippen LogP) is 6.13. The fourth-order valence-corrected chi connectivity index (χ4v) is 6.55. The summed E-state index contributed by atoms with van der Waals surface area (Å²) in [6.45, 7) is 2.63. The molecule has 0 spiro atoms. The fraction of sp³-hybridized carbons (Fsp3) is 0.423. The summed E-state index contributed by atoms with van der Waals surface area (Å²) in [6.07, 6.45) is 1.20. The molecule has 0 amide bonds. The van der Waals surface area contributed by atoms with Gasteiger partial charge in [-0.05, 0) is 37.8 Å². The summed E-state index contributed by atoms with van der Waals surface area (Å²) in [7, 11) is -4.43. The van der Waals surface area contributed by atoms with E-state index in [2.05, 4.69) is 4.74 Å². The number of esters is 1. The molecule has 0 aromatic heterocycles. The van der Waals surface area contributed by atoms with E-state index in [4.69, 9.17) is 4.74 Å². The van der Waals surface area contributed by atoms with Crippen LogP contribution in [0.1, 0.15) is 33.1 Å². The minimum atomic E-state index is -4.43. The quantitative estimate of drug-likeness (QED) is 0.139. The average Bonchev–Trinajstić information content (AvgIpc) is 2.98. The van der Waals surface area contributed by atoms with Crippen LogP contribution in [0.5, 0.6) is 5.75 Å². The number of benzene rings is 2. The number of para-hydroxylation sites is 1. The molecule has 0 fully saturated rings. The van der Waals surface area contributed by atoms with Crippen molar-refractivity contribution in [3.63, 3.8) is 0 Å². The van der Waals surface area contributed by atoms with Crippen molar-refractivity contribution in [1.29, 1.82) is 0 Å². The first kappa shape index (κ1) is 29.9. The maximum Gasteiger partial charge on any atom is 0.370 e. The number of carbonyl (C=O) groups excluding carboxylic acids is 1. The van der Waals surface area contributed by atoms with Crippen molar-refractivity contribution in [2.24, 2.45) is 0 Å². The van der Waals surface area contributed by atoms with Gasteiger partial charge in [0.2, 0.25) is 15.9 Å². The molecular formula is C26H31F3N2O5S2. The monoisotopic (exact) mass is 572 g/mol. The molecule has 2 aromatic carbocycles. The van der Waals surface area contributed by atoms with E-state index >= 15 is 0 Å². The number of anilines is 2. The van der Waals surface area contributed by atoms with E-state index in [1.165, 1.54) is 24.8 Å². The van der Waals surface area contributed by atoms with Crippen LogP contribution in [0.4, 0.5) is 24.5 Å². The molecule has 38 heavy (non-hydrogen) atoms. The number of fused-ring (bicyclic) bond motifs is 1. The Morgan fingerprint density at radius 1 is 1.21 bits per heavy atom. The largest absolute Gasteiger partial charge is 0.461 e. The van der Waals surface area contributed by atoms with Crippen LogP contribution in [0.15, 0.2) is 64.3 Å². The third-order valence-electron chi connectivity index (χ3n) is 5.96. The smallest absolute Gasteiger partial charge is 0.370 e. The van der Waals surface area contributed by atoms with Gasteiger partial charge < -0.3 is 14.4 Å². The molecule has 12 heteroatoms. The highest BCUT2D eigenvalue weighted by Crippen LogP contribution is 2.44. The summed E-state index contributed by atoms with van der Waals surface area (Å²) in [5, 5.41) is 0. The van der Waals surface area contributed by atoms with Crippen molar-refractivity contribution in [2.75, 3.05) is 30.9 Å². The standard InChI is InChI=1S/C26H31F3N2O5S2/c1-4-6-10-19-15-30(18-11-8-7-9-12-18)21-13-23(37-3)22(36-17-20(27)26(32)35-5-2)14-24(21)38(33,34)31(19)16-25(28)29/h7-9,11-14,17,19,25H,4-6,10,15-16H2,1-3H3/b20-17-. The Morgan fingerprint density at radius 2 is 1.92 bits per heavy atom. The topological polar surface area (TPSA) is 76.1 Å². The van der Waals surface area contributed by atoms with Gasteiger partial charge in [0, 0.05) is 24.3 Å². The van der Waals surface area contributed by atoms with Crippen molar-refractivity contribution in [2.45, 2.75) is 55.4 Å². The zero-order valence-corrected chi connectivity index (χ0v) is 23.0. The van der Waals surface area contributed by atoms with E-state index in [9.17, 15) is 26.4 Å². The number of rotatable bonds is 11. The molecule has 0 saturated carbocycles. The number of thioether (sulfide) groups is 1. The molecule has 0 radical (unpaired) electrons. The molecule has 0 aliphatic carbocycles. The predicted molar refractivity (Wildman–Crippen MR) is 141 cm³/mol. The Morgan fingerprint density at radius 3 is 2.53 bits per heavy atom. The van der Waals surface area contributed by atoms with Crippen LogP contribution in [-0.2, 0) is 19.6 Å².